The van der Waals surface area contributed by atoms with Gasteiger partial charge < -0.3 is 9.84 Å². The van der Waals surface area contributed by atoms with Gasteiger partial charge in [-0.05, 0) is 43.5 Å². The van der Waals surface area contributed by atoms with E-state index in [-0.39, 0.29) is 17.6 Å². The Morgan fingerprint density at radius 2 is 2.00 bits per heavy atom. The minimum Gasteiger partial charge on any atom is -0.384 e. The molecule has 1 aromatic carbocycles. The molecule has 1 aromatic heterocycles. The van der Waals surface area contributed by atoms with Crippen molar-refractivity contribution in [2.45, 2.75) is 31.3 Å². The maximum absolute atomic E-state index is 13.3. The zero-order valence-electron chi connectivity index (χ0n) is 11.7. The molecule has 4 nitrogen and oxygen atoms in total. The predicted octanol–water partition coefficient (Wildman–Crippen LogP) is 2.39. The summed E-state index contributed by atoms with van der Waals surface area (Å²) in [6.07, 6.45) is 3.01. The van der Waals surface area contributed by atoms with Crippen molar-refractivity contribution in [2.24, 2.45) is 0 Å². The normalized spacial score (nSPS) is 22.0. The first-order chi connectivity index (χ1) is 10.5. The third-order valence-electron chi connectivity index (χ3n) is 3.93. The number of halogens is 3. The fraction of sp³-hybridized carbons (Fsp3) is 0.400. The standard InChI is InChI=1S/C15H15F3N2O2/c16-12-6-9(7-13(17)15(12)18)5-10-8-11(1-3-19-10)20-14(21)2-4-22-20/h2,4,6-7,10-11,19H,1,3,5,8H2/t10-,11+/m0/s1. The van der Waals surface area contributed by atoms with Gasteiger partial charge in [-0.3, -0.25) is 4.79 Å². The highest BCUT2D eigenvalue weighted by Gasteiger charge is 2.25. The molecule has 1 aliphatic heterocycles. The molecule has 1 saturated heterocycles. The topological polar surface area (TPSA) is 47.2 Å². The minimum absolute atomic E-state index is 0.0694. The second-order valence-electron chi connectivity index (χ2n) is 5.48. The first-order valence-electron chi connectivity index (χ1n) is 7.08. The van der Waals surface area contributed by atoms with Gasteiger partial charge in [-0.15, -0.1) is 0 Å². The molecule has 118 valence electrons. The SMILES string of the molecule is O=c1ccon1[C@@H]1CCN[C@@H](Cc2cc(F)c(F)c(F)c2)C1. The van der Waals surface area contributed by atoms with Crippen LogP contribution in [0.5, 0.6) is 0 Å². The van der Waals surface area contributed by atoms with Gasteiger partial charge in [0.25, 0.3) is 5.56 Å². The van der Waals surface area contributed by atoms with E-state index in [1.54, 1.807) is 0 Å². The number of benzene rings is 1. The minimum atomic E-state index is -1.46. The molecule has 7 heteroatoms. The molecule has 0 bridgehead atoms. The van der Waals surface area contributed by atoms with E-state index >= 15 is 0 Å². The first kappa shape index (κ1) is 14.9. The van der Waals surface area contributed by atoms with E-state index in [9.17, 15) is 18.0 Å². The Morgan fingerprint density at radius 3 is 2.64 bits per heavy atom. The molecule has 0 unspecified atom stereocenters. The van der Waals surface area contributed by atoms with E-state index in [0.29, 0.717) is 24.9 Å². The molecule has 2 aromatic rings. The van der Waals surface area contributed by atoms with Crippen LogP contribution < -0.4 is 10.9 Å². The first-order valence-corrected chi connectivity index (χ1v) is 7.08. The monoisotopic (exact) mass is 312 g/mol. The van der Waals surface area contributed by atoms with Gasteiger partial charge in [-0.2, -0.15) is 4.74 Å². The number of aromatic nitrogens is 1. The molecule has 1 N–H and O–H groups in total. The van der Waals surface area contributed by atoms with Crippen LogP contribution in [0.15, 0.2) is 33.8 Å². The van der Waals surface area contributed by atoms with Crippen molar-refractivity contribution < 1.29 is 17.7 Å². The number of nitrogens with zero attached hydrogens (tertiary/aromatic N) is 1. The summed E-state index contributed by atoms with van der Waals surface area (Å²) in [5.41, 5.74) is 0.172. The summed E-state index contributed by atoms with van der Waals surface area (Å²) in [4.78, 5) is 11.6. The second kappa shape index (κ2) is 6.00. The Kier molecular flexibility index (Phi) is 4.06. The highest BCUT2D eigenvalue weighted by Crippen LogP contribution is 2.23. The maximum Gasteiger partial charge on any atom is 0.282 e. The van der Waals surface area contributed by atoms with Crippen LogP contribution in [-0.2, 0) is 6.42 Å². The van der Waals surface area contributed by atoms with Crippen LogP contribution >= 0.6 is 0 Å². The second-order valence-corrected chi connectivity index (χ2v) is 5.48. The van der Waals surface area contributed by atoms with Crippen molar-refractivity contribution in [2.75, 3.05) is 6.54 Å². The molecule has 1 aliphatic rings. The summed E-state index contributed by atoms with van der Waals surface area (Å²) < 4.78 is 46.0. The summed E-state index contributed by atoms with van der Waals surface area (Å²) in [6.45, 7) is 0.661. The van der Waals surface area contributed by atoms with Crippen molar-refractivity contribution >= 4 is 0 Å². The van der Waals surface area contributed by atoms with Crippen LogP contribution in [0.4, 0.5) is 13.2 Å². The lowest BCUT2D eigenvalue weighted by atomic mass is 9.94. The molecule has 2 heterocycles. The van der Waals surface area contributed by atoms with Crippen LogP contribution in [0, 0.1) is 17.5 Å². The van der Waals surface area contributed by atoms with Crippen molar-refractivity contribution in [3.63, 3.8) is 0 Å². The lowest BCUT2D eigenvalue weighted by Crippen LogP contribution is -2.41. The number of nitrogens with one attached hydrogen (secondary N) is 1. The summed E-state index contributed by atoms with van der Waals surface area (Å²) in [6, 6.07) is 3.19. The molecule has 0 amide bonds. The highest BCUT2D eigenvalue weighted by atomic mass is 19.2. The molecule has 22 heavy (non-hydrogen) atoms. The molecule has 3 rings (SSSR count). The average Bonchev–Trinajstić information content (AvgIpc) is 2.91. The van der Waals surface area contributed by atoms with Gasteiger partial charge in [0.15, 0.2) is 17.5 Å². The smallest absolute Gasteiger partial charge is 0.282 e. The lowest BCUT2D eigenvalue weighted by molar-refractivity contribution is 0.161. The van der Waals surface area contributed by atoms with Gasteiger partial charge >= 0.3 is 0 Å². The fourth-order valence-electron chi connectivity index (χ4n) is 2.91. The maximum atomic E-state index is 13.3. The van der Waals surface area contributed by atoms with Crippen LogP contribution in [0.2, 0.25) is 0 Å². The van der Waals surface area contributed by atoms with Crippen molar-refractivity contribution in [3.05, 3.63) is 57.8 Å². The quantitative estimate of drug-likeness (QED) is 0.885. The average molecular weight is 312 g/mol. The Bertz CT molecular complexity index is 703. The zero-order valence-corrected chi connectivity index (χ0v) is 11.7. The summed E-state index contributed by atoms with van der Waals surface area (Å²) in [7, 11) is 0. The fourth-order valence-corrected chi connectivity index (χ4v) is 2.91. The lowest BCUT2D eigenvalue weighted by Gasteiger charge is -2.29. The summed E-state index contributed by atoms with van der Waals surface area (Å²) in [5.74, 6) is -3.84. The van der Waals surface area contributed by atoms with Crippen LogP contribution in [0.1, 0.15) is 24.4 Å². The Balaban J connectivity index is 1.73. The van der Waals surface area contributed by atoms with Crippen molar-refractivity contribution in [1.29, 1.82) is 0 Å². The van der Waals surface area contributed by atoms with E-state index in [1.165, 1.54) is 17.1 Å². The number of rotatable bonds is 3. The Labute approximate surface area is 124 Å². The molecule has 1 fully saturated rings. The molecular formula is C15H15F3N2O2. The summed E-state index contributed by atoms with van der Waals surface area (Å²) >= 11 is 0. The molecular weight excluding hydrogens is 297 g/mol. The third-order valence-corrected chi connectivity index (χ3v) is 3.93. The number of piperidine rings is 1. The Morgan fingerprint density at radius 1 is 1.27 bits per heavy atom. The van der Waals surface area contributed by atoms with Crippen LogP contribution in [-0.4, -0.2) is 17.3 Å². The van der Waals surface area contributed by atoms with Gasteiger partial charge in [-0.1, -0.05) is 0 Å². The summed E-state index contributed by atoms with van der Waals surface area (Å²) in [5, 5.41) is 3.24. The van der Waals surface area contributed by atoms with E-state index < -0.39 is 17.5 Å². The molecule has 2 atom stereocenters. The van der Waals surface area contributed by atoms with E-state index in [4.69, 9.17) is 4.52 Å². The van der Waals surface area contributed by atoms with Crippen molar-refractivity contribution in [1.82, 2.24) is 10.1 Å². The van der Waals surface area contributed by atoms with Gasteiger partial charge in [0.1, 0.15) is 6.26 Å². The van der Waals surface area contributed by atoms with Gasteiger partial charge in [0.2, 0.25) is 0 Å². The van der Waals surface area contributed by atoms with E-state index in [2.05, 4.69) is 5.32 Å². The van der Waals surface area contributed by atoms with Gasteiger partial charge in [0.05, 0.1) is 6.04 Å². The predicted molar refractivity (Wildman–Crippen MR) is 73.0 cm³/mol. The largest absolute Gasteiger partial charge is 0.384 e. The van der Waals surface area contributed by atoms with Crippen LogP contribution in [0.25, 0.3) is 0 Å². The van der Waals surface area contributed by atoms with Gasteiger partial charge in [0, 0.05) is 12.1 Å². The highest BCUT2D eigenvalue weighted by molar-refractivity contribution is 5.20. The van der Waals surface area contributed by atoms with Crippen molar-refractivity contribution in [3.8, 4) is 0 Å². The van der Waals surface area contributed by atoms with E-state index in [1.807, 2.05) is 0 Å². The number of hydrogen-bond donors (Lipinski definition) is 1. The molecule has 0 saturated carbocycles. The zero-order chi connectivity index (χ0) is 15.7. The third kappa shape index (κ3) is 2.94. The number of hydrogen-bond acceptors (Lipinski definition) is 3. The molecule has 0 spiro atoms. The molecule has 0 radical (unpaired) electrons. The van der Waals surface area contributed by atoms with Gasteiger partial charge in [-0.25, -0.2) is 13.2 Å². The van der Waals surface area contributed by atoms with E-state index in [0.717, 1.165) is 18.6 Å². The Hall–Kier alpha value is -2.02. The van der Waals surface area contributed by atoms with Crippen LogP contribution in [0.3, 0.4) is 0 Å². The molecule has 0 aliphatic carbocycles.